The third-order valence-corrected chi connectivity index (χ3v) is 4.80. The third kappa shape index (κ3) is 4.84. The number of nitrogens with zero attached hydrogens (tertiary/aromatic N) is 2. The average Bonchev–Trinajstić information content (AvgIpc) is 2.75. The molecule has 7 nitrogen and oxygen atoms in total. The number of fused-ring (bicyclic) bond motifs is 1. The van der Waals surface area contributed by atoms with Gasteiger partial charge in [0.2, 0.25) is 0 Å². The second-order valence-electron chi connectivity index (χ2n) is 6.84. The Labute approximate surface area is 183 Å². The van der Waals surface area contributed by atoms with Gasteiger partial charge >= 0.3 is 6.03 Å². The Morgan fingerprint density at radius 2 is 1.74 bits per heavy atom. The van der Waals surface area contributed by atoms with Gasteiger partial charge in [-0.3, -0.25) is 9.20 Å². The number of carbonyl (C=O) groups is 1. The fourth-order valence-electron chi connectivity index (χ4n) is 3.04. The first-order valence-corrected chi connectivity index (χ1v) is 9.91. The van der Waals surface area contributed by atoms with E-state index in [-0.39, 0.29) is 18.2 Å². The molecule has 2 aromatic heterocycles. The summed E-state index contributed by atoms with van der Waals surface area (Å²) in [5.41, 5.74) is 2.86. The number of pyridine rings is 1. The highest BCUT2D eigenvalue weighted by atomic mass is 35.5. The maximum Gasteiger partial charge on any atom is 0.323 e. The van der Waals surface area contributed by atoms with E-state index in [1.54, 1.807) is 36.4 Å². The summed E-state index contributed by atoms with van der Waals surface area (Å²) in [6.45, 7) is 1.98. The molecule has 2 amide bonds. The predicted molar refractivity (Wildman–Crippen MR) is 121 cm³/mol. The first-order valence-electron chi connectivity index (χ1n) is 9.53. The lowest BCUT2D eigenvalue weighted by Gasteiger charge is -2.14. The Bertz CT molecular complexity index is 1320. The Kier molecular flexibility index (Phi) is 5.86. The number of anilines is 2. The van der Waals surface area contributed by atoms with Crippen molar-refractivity contribution >= 4 is 34.7 Å². The van der Waals surface area contributed by atoms with Gasteiger partial charge in [0.1, 0.15) is 18.0 Å². The number of aryl methyl sites for hydroxylation is 1. The molecule has 0 saturated carbocycles. The maximum absolute atomic E-state index is 12.4. The molecule has 2 N–H and O–H groups in total. The van der Waals surface area contributed by atoms with Crippen molar-refractivity contribution < 1.29 is 9.53 Å². The lowest BCUT2D eigenvalue weighted by atomic mass is 10.2. The van der Waals surface area contributed by atoms with Crippen LogP contribution in [0.3, 0.4) is 0 Å². The summed E-state index contributed by atoms with van der Waals surface area (Å²) >= 11 is 5.94. The number of hydrogen-bond acceptors (Lipinski definition) is 4. The number of benzene rings is 2. The molecule has 156 valence electrons. The van der Waals surface area contributed by atoms with Crippen LogP contribution >= 0.6 is 11.6 Å². The zero-order valence-corrected chi connectivity index (χ0v) is 17.4. The minimum atomic E-state index is -0.385. The average molecular weight is 435 g/mol. The van der Waals surface area contributed by atoms with Crippen LogP contribution in [0.4, 0.5) is 16.2 Å². The second-order valence-corrected chi connectivity index (χ2v) is 7.28. The monoisotopic (exact) mass is 434 g/mol. The molecule has 0 atom stereocenters. The first kappa shape index (κ1) is 20.4. The van der Waals surface area contributed by atoms with Crippen molar-refractivity contribution in [3.63, 3.8) is 0 Å². The number of aromatic nitrogens is 2. The normalized spacial score (nSPS) is 10.6. The fraction of sp³-hybridized carbons (Fsp3) is 0.0870. The minimum absolute atomic E-state index is 0.0620. The van der Waals surface area contributed by atoms with Gasteiger partial charge in [-0.2, -0.15) is 0 Å². The molecule has 0 aliphatic rings. The number of halogens is 1. The highest BCUT2D eigenvalue weighted by Crippen LogP contribution is 2.25. The summed E-state index contributed by atoms with van der Waals surface area (Å²) in [5, 5.41) is 6.06. The van der Waals surface area contributed by atoms with Crippen LogP contribution in [0.2, 0.25) is 5.02 Å². The van der Waals surface area contributed by atoms with Gasteiger partial charge in [0.15, 0.2) is 0 Å². The Hall–Kier alpha value is -3.84. The van der Waals surface area contributed by atoms with Crippen LogP contribution in [0, 0.1) is 6.92 Å². The lowest BCUT2D eigenvalue weighted by Crippen LogP contribution is -2.20. The SMILES string of the molecule is Cc1ccccc1NC(=O)Nc1ccccc1OCc1cc(=O)n2cc(Cl)ccc2n1. The Balaban J connectivity index is 1.48. The molecule has 0 radical (unpaired) electrons. The van der Waals surface area contributed by atoms with E-state index in [4.69, 9.17) is 16.3 Å². The highest BCUT2D eigenvalue weighted by molar-refractivity contribution is 6.30. The molecule has 2 aromatic carbocycles. The molecule has 31 heavy (non-hydrogen) atoms. The van der Waals surface area contributed by atoms with Crippen LogP contribution in [0.25, 0.3) is 5.65 Å². The van der Waals surface area contributed by atoms with E-state index >= 15 is 0 Å². The van der Waals surface area contributed by atoms with E-state index < -0.39 is 0 Å². The van der Waals surface area contributed by atoms with E-state index in [2.05, 4.69) is 15.6 Å². The van der Waals surface area contributed by atoms with Crippen molar-refractivity contribution in [1.82, 2.24) is 9.38 Å². The maximum atomic E-state index is 12.4. The molecule has 4 rings (SSSR count). The van der Waals surface area contributed by atoms with Crippen molar-refractivity contribution in [1.29, 1.82) is 0 Å². The molecule has 0 aliphatic heterocycles. The lowest BCUT2D eigenvalue weighted by molar-refractivity contribution is 0.261. The van der Waals surface area contributed by atoms with Crippen LogP contribution in [-0.4, -0.2) is 15.4 Å². The van der Waals surface area contributed by atoms with Crippen LogP contribution in [-0.2, 0) is 6.61 Å². The molecular weight excluding hydrogens is 416 g/mol. The Morgan fingerprint density at radius 3 is 2.55 bits per heavy atom. The van der Waals surface area contributed by atoms with Gasteiger partial charge < -0.3 is 15.4 Å². The third-order valence-electron chi connectivity index (χ3n) is 4.58. The van der Waals surface area contributed by atoms with Gasteiger partial charge in [-0.25, -0.2) is 9.78 Å². The van der Waals surface area contributed by atoms with Crippen LogP contribution in [0.15, 0.2) is 77.7 Å². The zero-order valence-electron chi connectivity index (χ0n) is 16.6. The van der Waals surface area contributed by atoms with Crippen molar-refractivity contribution in [3.05, 3.63) is 99.6 Å². The van der Waals surface area contributed by atoms with Gasteiger partial charge in [0, 0.05) is 18.0 Å². The molecule has 4 aromatic rings. The smallest absolute Gasteiger partial charge is 0.323 e. The quantitative estimate of drug-likeness (QED) is 0.469. The fourth-order valence-corrected chi connectivity index (χ4v) is 3.20. The largest absolute Gasteiger partial charge is 0.485 e. The van der Waals surface area contributed by atoms with E-state index in [0.717, 1.165) is 11.3 Å². The topological polar surface area (TPSA) is 84.7 Å². The molecule has 2 heterocycles. The second kappa shape index (κ2) is 8.89. The number of urea groups is 1. The van der Waals surface area contributed by atoms with Gasteiger partial charge in [0.05, 0.1) is 16.4 Å². The number of rotatable bonds is 5. The van der Waals surface area contributed by atoms with Gasteiger partial charge in [0.25, 0.3) is 5.56 Å². The van der Waals surface area contributed by atoms with E-state index in [0.29, 0.717) is 27.8 Å². The Morgan fingerprint density at radius 1 is 1.03 bits per heavy atom. The summed E-state index contributed by atoms with van der Waals surface area (Å²) in [5.74, 6) is 0.459. The molecular formula is C23H19ClN4O3. The van der Waals surface area contributed by atoms with E-state index in [1.807, 2.05) is 31.2 Å². The number of nitrogens with one attached hydrogen (secondary N) is 2. The summed E-state index contributed by atoms with van der Waals surface area (Å²) < 4.78 is 7.22. The van der Waals surface area contributed by atoms with Crippen molar-refractivity contribution in [3.8, 4) is 5.75 Å². The van der Waals surface area contributed by atoms with Crippen molar-refractivity contribution in [2.75, 3.05) is 10.6 Å². The summed E-state index contributed by atoms with van der Waals surface area (Å²) in [6, 6.07) is 18.9. The molecule has 0 unspecified atom stereocenters. The molecule has 0 saturated heterocycles. The van der Waals surface area contributed by atoms with Crippen LogP contribution in [0.5, 0.6) is 5.75 Å². The minimum Gasteiger partial charge on any atom is -0.485 e. The first-order chi connectivity index (χ1) is 15.0. The molecule has 0 bridgehead atoms. The summed E-state index contributed by atoms with van der Waals surface area (Å²) in [6.07, 6.45) is 1.52. The molecule has 0 spiro atoms. The van der Waals surface area contributed by atoms with E-state index in [9.17, 15) is 9.59 Å². The van der Waals surface area contributed by atoms with Gasteiger partial charge in [-0.05, 0) is 42.8 Å². The predicted octanol–water partition coefficient (Wildman–Crippen LogP) is 4.88. The van der Waals surface area contributed by atoms with Crippen LogP contribution < -0.4 is 20.9 Å². The highest BCUT2D eigenvalue weighted by Gasteiger charge is 2.10. The summed E-state index contributed by atoms with van der Waals surface area (Å²) in [4.78, 5) is 29.2. The van der Waals surface area contributed by atoms with Crippen LogP contribution in [0.1, 0.15) is 11.3 Å². The number of hydrogen-bond donors (Lipinski definition) is 2. The van der Waals surface area contributed by atoms with E-state index in [1.165, 1.54) is 16.7 Å². The zero-order chi connectivity index (χ0) is 21.8. The number of para-hydroxylation sites is 3. The van der Waals surface area contributed by atoms with Crippen molar-refractivity contribution in [2.45, 2.75) is 13.5 Å². The molecule has 0 aliphatic carbocycles. The number of carbonyl (C=O) groups excluding carboxylic acids is 1. The molecule has 0 fully saturated rings. The number of ether oxygens (including phenoxy) is 1. The van der Waals surface area contributed by atoms with Crippen molar-refractivity contribution in [2.24, 2.45) is 0 Å². The summed E-state index contributed by atoms with van der Waals surface area (Å²) in [7, 11) is 0. The number of amides is 2. The van der Waals surface area contributed by atoms with Gasteiger partial charge in [-0.15, -0.1) is 0 Å². The molecule has 8 heteroatoms. The van der Waals surface area contributed by atoms with Gasteiger partial charge in [-0.1, -0.05) is 41.9 Å². The standard InChI is InChI=1S/C23H19ClN4O3/c1-15-6-2-3-7-18(15)26-23(30)27-19-8-4-5-9-20(19)31-14-17-12-22(29)28-13-16(24)10-11-21(28)25-17/h2-13H,14H2,1H3,(H2,26,27,30).